The van der Waals surface area contributed by atoms with E-state index in [1.165, 1.54) is 30.3 Å². The van der Waals surface area contributed by atoms with Gasteiger partial charge in [0.1, 0.15) is 17.8 Å². The molecule has 0 amide bonds. The summed E-state index contributed by atoms with van der Waals surface area (Å²) in [5, 5.41) is 3.40. The predicted molar refractivity (Wildman–Crippen MR) is 88.3 cm³/mol. The number of hydrogen-bond donors (Lipinski definition) is 2. The minimum absolute atomic E-state index is 0.402. The van der Waals surface area contributed by atoms with Crippen LogP contribution in [0.4, 0.5) is 11.5 Å². The molecule has 1 saturated carbocycles. The van der Waals surface area contributed by atoms with Crippen LogP contribution in [-0.4, -0.2) is 16.0 Å². The third kappa shape index (κ3) is 3.13. The zero-order valence-corrected chi connectivity index (χ0v) is 13.1. The van der Waals surface area contributed by atoms with Crippen LogP contribution in [0.5, 0.6) is 11.6 Å². The van der Waals surface area contributed by atoms with Crippen molar-refractivity contribution in [2.45, 2.75) is 45.6 Å². The molecule has 3 rings (SSSR count). The lowest BCUT2D eigenvalue weighted by atomic mass is 10.1. The highest BCUT2D eigenvalue weighted by Gasteiger charge is 2.18. The lowest BCUT2D eigenvalue weighted by Gasteiger charge is -2.16. The van der Waals surface area contributed by atoms with Gasteiger partial charge in [0.15, 0.2) is 5.82 Å². The molecular weight excluding hydrogens is 276 g/mol. The Morgan fingerprint density at radius 3 is 2.64 bits per heavy atom. The molecule has 1 aliphatic carbocycles. The van der Waals surface area contributed by atoms with Crippen molar-refractivity contribution >= 4 is 11.5 Å². The Morgan fingerprint density at radius 2 is 1.91 bits per heavy atom. The van der Waals surface area contributed by atoms with Crippen molar-refractivity contribution in [3.05, 3.63) is 35.7 Å². The van der Waals surface area contributed by atoms with Gasteiger partial charge in [0.05, 0.1) is 0 Å². The fraction of sp³-hybridized carbons (Fsp3) is 0.412. The van der Waals surface area contributed by atoms with Gasteiger partial charge in [-0.2, -0.15) is 4.98 Å². The minimum Gasteiger partial charge on any atom is -0.437 e. The third-order valence-electron chi connectivity index (χ3n) is 4.24. The van der Waals surface area contributed by atoms with E-state index in [-0.39, 0.29) is 0 Å². The zero-order chi connectivity index (χ0) is 15.5. The number of nitrogens with zero attached hydrogens (tertiary/aromatic N) is 2. The molecule has 0 aliphatic heterocycles. The molecular formula is C17H22N4O. The molecule has 0 atom stereocenters. The van der Waals surface area contributed by atoms with Gasteiger partial charge in [-0.25, -0.2) is 4.98 Å². The van der Waals surface area contributed by atoms with Crippen LogP contribution in [0.1, 0.15) is 36.8 Å². The van der Waals surface area contributed by atoms with Crippen molar-refractivity contribution in [2.24, 2.45) is 0 Å². The minimum atomic E-state index is 0.402. The average molecular weight is 298 g/mol. The molecule has 1 heterocycles. The number of nitrogens with one attached hydrogen (secondary N) is 1. The second-order valence-corrected chi connectivity index (χ2v) is 5.91. The summed E-state index contributed by atoms with van der Waals surface area (Å²) in [5.41, 5.74) is 9.03. The maximum Gasteiger partial charge on any atom is 0.248 e. The Labute approximate surface area is 130 Å². The molecule has 116 valence electrons. The number of nitrogen functional groups attached to an aromatic ring is 1. The molecule has 1 aliphatic rings. The number of aryl methyl sites for hydroxylation is 2. The number of nitrogens with two attached hydrogens (primary N) is 1. The quantitative estimate of drug-likeness (QED) is 0.897. The van der Waals surface area contributed by atoms with Gasteiger partial charge in [-0.05, 0) is 49.9 Å². The zero-order valence-electron chi connectivity index (χ0n) is 13.1. The maximum atomic E-state index is 6.16. The van der Waals surface area contributed by atoms with E-state index in [9.17, 15) is 0 Å². The molecule has 1 fully saturated rings. The number of aromatic nitrogens is 2. The molecule has 0 saturated heterocycles. The topological polar surface area (TPSA) is 73.1 Å². The number of hydrogen-bond acceptors (Lipinski definition) is 5. The fourth-order valence-corrected chi connectivity index (χ4v) is 2.73. The smallest absolute Gasteiger partial charge is 0.248 e. The fourth-order valence-electron chi connectivity index (χ4n) is 2.73. The highest BCUT2D eigenvalue weighted by Crippen LogP contribution is 2.31. The second kappa shape index (κ2) is 6.22. The Kier molecular flexibility index (Phi) is 4.13. The van der Waals surface area contributed by atoms with Crippen molar-refractivity contribution < 1.29 is 4.74 Å². The van der Waals surface area contributed by atoms with Gasteiger partial charge in [0.2, 0.25) is 5.88 Å². The number of ether oxygens (including phenoxy) is 1. The molecule has 3 N–H and O–H groups in total. The summed E-state index contributed by atoms with van der Waals surface area (Å²) in [4.78, 5) is 8.41. The van der Waals surface area contributed by atoms with Crippen molar-refractivity contribution in [3.63, 3.8) is 0 Å². The van der Waals surface area contributed by atoms with Crippen LogP contribution in [0, 0.1) is 13.8 Å². The maximum absolute atomic E-state index is 6.16. The van der Waals surface area contributed by atoms with Crippen molar-refractivity contribution in [1.82, 2.24) is 9.97 Å². The second-order valence-electron chi connectivity index (χ2n) is 5.91. The van der Waals surface area contributed by atoms with Crippen molar-refractivity contribution in [3.8, 4) is 11.6 Å². The molecule has 5 heteroatoms. The SMILES string of the molecule is Cc1ccc(Oc2ncnc(NC3CCCC3)c2N)cc1C. The Bertz CT molecular complexity index is 666. The van der Waals surface area contributed by atoms with Crippen molar-refractivity contribution in [2.75, 3.05) is 11.1 Å². The van der Waals surface area contributed by atoms with E-state index in [1.807, 2.05) is 18.2 Å². The van der Waals surface area contributed by atoms with Gasteiger partial charge in [-0.1, -0.05) is 18.9 Å². The molecule has 0 radical (unpaired) electrons. The lowest BCUT2D eigenvalue weighted by molar-refractivity contribution is 0.464. The summed E-state index contributed by atoms with van der Waals surface area (Å²) in [6, 6.07) is 6.39. The first-order valence-corrected chi connectivity index (χ1v) is 7.75. The lowest BCUT2D eigenvalue weighted by Crippen LogP contribution is -2.17. The summed E-state index contributed by atoms with van der Waals surface area (Å²) in [5.74, 6) is 1.81. The van der Waals surface area contributed by atoms with E-state index in [1.54, 1.807) is 0 Å². The summed E-state index contributed by atoms with van der Waals surface area (Å²) in [6.07, 6.45) is 6.33. The molecule has 0 bridgehead atoms. The standard InChI is InChI=1S/C17H22N4O/c1-11-7-8-14(9-12(11)2)22-17-15(18)16(19-10-20-17)21-13-5-3-4-6-13/h7-10,13H,3-6,18H2,1-2H3,(H,19,20,21). The number of benzene rings is 1. The first-order valence-electron chi connectivity index (χ1n) is 7.75. The number of rotatable bonds is 4. The van der Waals surface area contributed by atoms with E-state index in [2.05, 4.69) is 29.1 Å². The van der Waals surface area contributed by atoms with Crippen LogP contribution >= 0.6 is 0 Å². The van der Waals surface area contributed by atoms with Gasteiger partial charge in [0.25, 0.3) is 0 Å². The van der Waals surface area contributed by atoms with Crippen LogP contribution in [0.15, 0.2) is 24.5 Å². The summed E-state index contributed by atoms with van der Waals surface area (Å²) in [7, 11) is 0. The van der Waals surface area contributed by atoms with Gasteiger partial charge in [-0.15, -0.1) is 0 Å². The Morgan fingerprint density at radius 1 is 1.14 bits per heavy atom. The molecule has 0 unspecified atom stereocenters. The van der Waals surface area contributed by atoms with Crippen LogP contribution in [-0.2, 0) is 0 Å². The number of anilines is 2. The normalized spacial score (nSPS) is 15.0. The van der Waals surface area contributed by atoms with Gasteiger partial charge >= 0.3 is 0 Å². The highest BCUT2D eigenvalue weighted by atomic mass is 16.5. The largest absolute Gasteiger partial charge is 0.437 e. The Balaban J connectivity index is 1.79. The van der Waals surface area contributed by atoms with Gasteiger partial charge < -0.3 is 15.8 Å². The van der Waals surface area contributed by atoms with E-state index in [0.717, 1.165) is 18.6 Å². The molecule has 22 heavy (non-hydrogen) atoms. The van der Waals surface area contributed by atoms with E-state index in [4.69, 9.17) is 10.5 Å². The first-order chi connectivity index (χ1) is 10.6. The van der Waals surface area contributed by atoms with Crippen LogP contribution in [0.25, 0.3) is 0 Å². The molecule has 1 aromatic carbocycles. The Hall–Kier alpha value is -2.30. The third-order valence-corrected chi connectivity index (χ3v) is 4.24. The van der Waals surface area contributed by atoms with E-state index >= 15 is 0 Å². The van der Waals surface area contributed by atoms with Gasteiger partial charge in [0, 0.05) is 6.04 Å². The molecule has 5 nitrogen and oxygen atoms in total. The average Bonchev–Trinajstić information content (AvgIpc) is 3.00. The van der Waals surface area contributed by atoms with Crippen LogP contribution in [0.3, 0.4) is 0 Å². The predicted octanol–water partition coefficient (Wildman–Crippen LogP) is 3.82. The van der Waals surface area contributed by atoms with Crippen LogP contribution in [0.2, 0.25) is 0 Å². The molecule has 2 aromatic rings. The van der Waals surface area contributed by atoms with E-state index in [0.29, 0.717) is 23.4 Å². The monoisotopic (exact) mass is 298 g/mol. The molecule has 0 spiro atoms. The van der Waals surface area contributed by atoms with Crippen LogP contribution < -0.4 is 15.8 Å². The van der Waals surface area contributed by atoms with E-state index < -0.39 is 0 Å². The summed E-state index contributed by atoms with van der Waals surface area (Å²) in [6.45, 7) is 4.13. The first kappa shape index (κ1) is 14.6. The summed E-state index contributed by atoms with van der Waals surface area (Å²) < 4.78 is 5.83. The summed E-state index contributed by atoms with van der Waals surface area (Å²) >= 11 is 0. The highest BCUT2D eigenvalue weighted by molar-refractivity contribution is 5.67. The molecule has 1 aromatic heterocycles. The van der Waals surface area contributed by atoms with Gasteiger partial charge in [-0.3, -0.25) is 0 Å². The van der Waals surface area contributed by atoms with Crippen molar-refractivity contribution in [1.29, 1.82) is 0 Å².